The van der Waals surface area contributed by atoms with E-state index in [4.69, 9.17) is 0 Å². The van der Waals surface area contributed by atoms with E-state index in [-0.39, 0.29) is 5.91 Å². The molecule has 3 heterocycles. The van der Waals surface area contributed by atoms with Gasteiger partial charge in [0.1, 0.15) is 5.69 Å². The van der Waals surface area contributed by atoms with Gasteiger partial charge in [0.15, 0.2) is 0 Å². The largest absolute Gasteiger partial charge is 0.340 e. The molecule has 5 nitrogen and oxygen atoms in total. The predicted octanol–water partition coefficient (Wildman–Crippen LogP) is 3.45. The summed E-state index contributed by atoms with van der Waals surface area (Å²) in [5.41, 5.74) is 2.88. The van der Waals surface area contributed by atoms with Crippen molar-refractivity contribution in [3.8, 4) is 0 Å². The smallest absolute Gasteiger partial charge is 0.274 e. The molecule has 1 fully saturated rings. The number of fused-ring (bicyclic) bond motifs is 1. The molecule has 1 unspecified atom stereocenters. The Hall–Kier alpha value is -2.69. The zero-order chi connectivity index (χ0) is 17.9. The maximum Gasteiger partial charge on any atom is 0.274 e. The van der Waals surface area contributed by atoms with Crippen molar-refractivity contribution in [2.24, 2.45) is 13.0 Å². The minimum absolute atomic E-state index is 0.0543. The maximum atomic E-state index is 12.6. The zero-order valence-corrected chi connectivity index (χ0v) is 15.1. The van der Waals surface area contributed by atoms with Gasteiger partial charge in [-0.05, 0) is 49.3 Å². The van der Waals surface area contributed by atoms with E-state index in [1.165, 1.54) is 10.9 Å². The van der Waals surface area contributed by atoms with Gasteiger partial charge in [0, 0.05) is 37.9 Å². The average molecular weight is 348 g/mol. The molecule has 0 N–H and O–H groups in total. The first-order chi connectivity index (χ1) is 12.7. The van der Waals surface area contributed by atoms with E-state index in [2.05, 4.69) is 28.2 Å². The van der Waals surface area contributed by atoms with Gasteiger partial charge in [-0.1, -0.05) is 18.2 Å². The number of aryl methyl sites for hydroxylation is 1. The first-order valence-electron chi connectivity index (χ1n) is 9.30. The molecular formula is C21H24N4O. The van der Waals surface area contributed by atoms with Crippen molar-refractivity contribution < 1.29 is 4.79 Å². The number of rotatable bonds is 3. The standard InChI is InChI=1S/C21H24N4O/c1-24-14-20(23-15-24)21(26)25-9-4-5-16(8-10-25)11-17-12-18-6-2-3-7-19(18)22-13-17/h2-3,6-7,12-16H,4-5,8-11H2,1H3. The normalized spacial score (nSPS) is 18.0. The number of hydrogen-bond donors (Lipinski definition) is 0. The van der Waals surface area contributed by atoms with Crippen LogP contribution in [0.1, 0.15) is 35.3 Å². The highest BCUT2D eigenvalue weighted by molar-refractivity contribution is 5.92. The molecule has 0 aliphatic carbocycles. The summed E-state index contributed by atoms with van der Waals surface area (Å²) in [5.74, 6) is 0.651. The molecule has 134 valence electrons. The van der Waals surface area contributed by atoms with Gasteiger partial charge < -0.3 is 9.47 Å². The number of carbonyl (C=O) groups excluding carboxylic acids is 1. The van der Waals surface area contributed by atoms with Gasteiger partial charge in [-0.25, -0.2) is 4.98 Å². The van der Waals surface area contributed by atoms with Gasteiger partial charge >= 0.3 is 0 Å². The van der Waals surface area contributed by atoms with Crippen molar-refractivity contribution in [2.45, 2.75) is 25.7 Å². The number of likely N-dealkylation sites (tertiary alicyclic amines) is 1. The lowest BCUT2D eigenvalue weighted by molar-refractivity contribution is 0.0754. The molecule has 0 bridgehead atoms. The number of aromatic nitrogens is 3. The van der Waals surface area contributed by atoms with Crippen LogP contribution < -0.4 is 0 Å². The molecule has 1 atom stereocenters. The van der Waals surface area contributed by atoms with Crippen LogP contribution in [0, 0.1) is 5.92 Å². The Labute approximate surface area is 153 Å². The Morgan fingerprint density at radius 1 is 1.19 bits per heavy atom. The molecule has 0 spiro atoms. The molecule has 1 aliphatic rings. The van der Waals surface area contributed by atoms with Crippen LogP contribution >= 0.6 is 0 Å². The summed E-state index contributed by atoms with van der Waals surface area (Å²) in [4.78, 5) is 23.4. The number of imidazole rings is 1. The molecule has 1 saturated heterocycles. The third kappa shape index (κ3) is 3.62. The van der Waals surface area contributed by atoms with Crippen molar-refractivity contribution >= 4 is 16.8 Å². The molecule has 0 radical (unpaired) electrons. The summed E-state index contributed by atoms with van der Waals surface area (Å²) in [6.45, 7) is 1.63. The summed E-state index contributed by atoms with van der Waals surface area (Å²) in [6.07, 6.45) is 9.74. The lowest BCUT2D eigenvalue weighted by Crippen LogP contribution is -2.32. The number of para-hydroxylation sites is 1. The van der Waals surface area contributed by atoms with Crippen LogP contribution in [0.2, 0.25) is 0 Å². The fourth-order valence-electron chi connectivity index (χ4n) is 3.82. The van der Waals surface area contributed by atoms with Gasteiger partial charge in [0.25, 0.3) is 5.91 Å². The van der Waals surface area contributed by atoms with Gasteiger partial charge in [0.05, 0.1) is 11.8 Å². The van der Waals surface area contributed by atoms with Crippen LogP contribution in [0.15, 0.2) is 49.1 Å². The van der Waals surface area contributed by atoms with Gasteiger partial charge in [-0.15, -0.1) is 0 Å². The molecule has 1 amide bonds. The van der Waals surface area contributed by atoms with Crippen molar-refractivity contribution in [1.29, 1.82) is 0 Å². The van der Waals surface area contributed by atoms with Crippen LogP contribution in [0.5, 0.6) is 0 Å². The average Bonchev–Trinajstić information content (AvgIpc) is 2.96. The number of amides is 1. The molecular weight excluding hydrogens is 324 g/mol. The molecule has 1 aromatic carbocycles. The summed E-state index contributed by atoms with van der Waals surface area (Å²) in [6, 6.07) is 10.5. The van der Waals surface area contributed by atoms with Crippen molar-refractivity contribution in [1.82, 2.24) is 19.4 Å². The monoisotopic (exact) mass is 348 g/mol. The Bertz CT molecular complexity index is 917. The van der Waals surface area contributed by atoms with Crippen LogP contribution in [0.4, 0.5) is 0 Å². The third-order valence-corrected chi connectivity index (χ3v) is 5.23. The van der Waals surface area contributed by atoms with Gasteiger partial charge in [0.2, 0.25) is 0 Å². The Morgan fingerprint density at radius 2 is 2.08 bits per heavy atom. The van der Waals surface area contributed by atoms with E-state index < -0.39 is 0 Å². The second-order valence-electron chi connectivity index (χ2n) is 7.25. The first-order valence-corrected chi connectivity index (χ1v) is 9.30. The van der Waals surface area contributed by atoms with E-state index in [9.17, 15) is 4.79 Å². The molecule has 5 heteroatoms. The fourth-order valence-corrected chi connectivity index (χ4v) is 3.82. The second-order valence-corrected chi connectivity index (χ2v) is 7.25. The number of hydrogen-bond acceptors (Lipinski definition) is 3. The minimum atomic E-state index is 0.0543. The molecule has 2 aromatic heterocycles. The molecule has 3 aromatic rings. The van der Waals surface area contributed by atoms with Crippen molar-refractivity contribution in [3.05, 3.63) is 60.3 Å². The summed E-state index contributed by atoms with van der Waals surface area (Å²) in [5, 5.41) is 1.20. The maximum absolute atomic E-state index is 12.6. The minimum Gasteiger partial charge on any atom is -0.340 e. The highest BCUT2D eigenvalue weighted by atomic mass is 16.2. The highest BCUT2D eigenvalue weighted by Crippen LogP contribution is 2.24. The molecule has 26 heavy (non-hydrogen) atoms. The van der Waals surface area contributed by atoms with Crippen LogP contribution in [-0.2, 0) is 13.5 Å². The Balaban J connectivity index is 1.40. The zero-order valence-electron chi connectivity index (χ0n) is 15.1. The molecule has 1 aliphatic heterocycles. The lowest BCUT2D eigenvalue weighted by Gasteiger charge is -2.19. The van der Waals surface area contributed by atoms with E-state index in [1.54, 1.807) is 12.5 Å². The highest BCUT2D eigenvalue weighted by Gasteiger charge is 2.23. The van der Waals surface area contributed by atoms with E-state index in [1.807, 2.05) is 34.8 Å². The summed E-state index contributed by atoms with van der Waals surface area (Å²) < 4.78 is 1.82. The van der Waals surface area contributed by atoms with Crippen molar-refractivity contribution in [3.63, 3.8) is 0 Å². The molecule has 4 rings (SSSR count). The number of pyridine rings is 1. The van der Waals surface area contributed by atoms with Crippen LogP contribution in [-0.4, -0.2) is 38.4 Å². The summed E-state index contributed by atoms with van der Waals surface area (Å²) in [7, 11) is 1.89. The van der Waals surface area contributed by atoms with Crippen LogP contribution in [0.3, 0.4) is 0 Å². The quantitative estimate of drug-likeness (QED) is 0.728. The summed E-state index contributed by atoms with van der Waals surface area (Å²) >= 11 is 0. The van der Waals surface area contributed by atoms with E-state index in [0.29, 0.717) is 11.6 Å². The third-order valence-electron chi connectivity index (χ3n) is 5.23. The topological polar surface area (TPSA) is 51.0 Å². The number of benzene rings is 1. The Morgan fingerprint density at radius 3 is 2.92 bits per heavy atom. The Kier molecular flexibility index (Phi) is 4.69. The van der Waals surface area contributed by atoms with E-state index >= 15 is 0 Å². The second kappa shape index (κ2) is 7.28. The lowest BCUT2D eigenvalue weighted by atomic mass is 9.93. The predicted molar refractivity (Wildman–Crippen MR) is 102 cm³/mol. The van der Waals surface area contributed by atoms with E-state index in [0.717, 1.165) is 44.3 Å². The van der Waals surface area contributed by atoms with Crippen molar-refractivity contribution in [2.75, 3.05) is 13.1 Å². The van der Waals surface area contributed by atoms with Crippen LogP contribution in [0.25, 0.3) is 10.9 Å². The van der Waals surface area contributed by atoms with Gasteiger partial charge in [-0.2, -0.15) is 0 Å². The number of carbonyl (C=O) groups is 1. The van der Waals surface area contributed by atoms with Gasteiger partial charge in [-0.3, -0.25) is 9.78 Å². The SMILES string of the molecule is Cn1cnc(C(=O)N2CCCC(Cc3cnc4ccccc4c3)CC2)c1. The number of nitrogens with zero attached hydrogens (tertiary/aromatic N) is 4. The molecule has 0 saturated carbocycles. The fraction of sp³-hybridized carbons (Fsp3) is 0.381. The first kappa shape index (κ1) is 16.8.